The molecule has 1 atom stereocenters. The molecular formula is C19H18FN7O4. The summed E-state index contributed by atoms with van der Waals surface area (Å²) in [5.41, 5.74) is 9.26. The zero-order valence-corrected chi connectivity index (χ0v) is 16.4. The van der Waals surface area contributed by atoms with Gasteiger partial charge in [0, 0.05) is 29.2 Å². The second-order valence-corrected chi connectivity index (χ2v) is 6.59. The molecule has 1 fully saturated rings. The number of azide groups is 1. The number of rotatable bonds is 7. The molecule has 1 aliphatic heterocycles. The van der Waals surface area contributed by atoms with Crippen LogP contribution in [0, 0.1) is 5.82 Å². The van der Waals surface area contributed by atoms with Crippen molar-refractivity contribution >= 4 is 29.4 Å². The predicted molar refractivity (Wildman–Crippen MR) is 109 cm³/mol. The Balaban J connectivity index is 1.69. The third-order valence-electron chi connectivity index (χ3n) is 4.34. The number of nitrogens with one attached hydrogen (secondary N) is 2. The molecule has 11 nitrogen and oxygen atoms in total. The van der Waals surface area contributed by atoms with Crippen LogP contribution in [0.3, 0.4) is 0 Å². The quantitative estimate of drug-likeness (QED) is 0.396. The topological polar surface area (TPSA) is 149 Å². The van der Waals surface area contributed by atoms with Gasteiger partial charge >= 0.3 is 6.09 Å². The van der Waals surface area contributed by atoms with E-state index in [0.717, 1.165) is 0 Å². The van der Waals surface area contributed by atoms with Gasteiger partial charge in [-0.15, -0.1) is 0 Å². The Bertz CT molecular complexity index is 1050. The number of hydrogen-bond acceptors (Lipinski definition) is 6. The summed E-state index contributed by atoms with van der Waals surface area (Å²) in [5, 5.41) is 8.18. The average Bonchev–Trinajstić information content (AvgIpc) is 3.12. The van der Waals surface area contributed by atoms with Gasteiger partial charge in [-0.05, 0) is 35.9 Å². The van der Waals surface area contributed by atoms with Crippen molar-refractivity contribution in [2.45, 2.75) is 13.0 Å². The van der Waals surface area contributed by atoms with E-state index in [0.29, 0.717) is 11.3 Å². The number of benzene rings is 1. The molecule has 160 valence electrons. The van der Waals surface area contributed by atoms with E-state index in [-0.39, 0.29) is 36.9 Å². The summed E-state index contributed by atoms with van der Waals surface area (Å²) in [6.07, 6.45) is 0.240. The lowest BCUT2D eigenvalue weighted by molar-refractivity contribution is -0.119. The highest BCUT2D eigenvalue weighted by Crippen LogP contribution is 2.29. The van der Waals surface area contributed by atoms with Crippen molar-refractivity contribution in [2.75, 3.05) is 29.9 Å². The number of aromatic nitrogens is 1. The van der Waals surface area contributed by atoms with Gasteiger partial charge in [-0.2, -0.15) is 0 Å². The Morgan fingerprint density at radius 3 is 2.84 bits per heavy atom. The first kappa shape index (κ1) is 21.5. The number of anilines is 2. The van der Waals surface area contributed by atoms with Crippen molar-refractivity contribution < 1.29 is 23.5 Å². The van der Waals surface area contributed by atoms with Gasteiger partial charge in [-0.25, -0.2) is 14.2 Å². The third kappa shape index (κ3) is 5.46. The molecule has 0 spiro atoms. The van der Waals surface area contributed by atoms with Crippen LogP contribution in [-0.4, -0.2) is 48.6 Å². The number of hydrogen-bond donors (Lipinski definition) is 2. The number of halogens is 1. The molecular weight excluding hydrogens is 409 g/mol. The summed E-state index contributed by atoms with van der Waals surface area (Å²) in [5.74, 6) is -1.11. The van der Waals surface area contributed by atoms with Crippen molar-refractivity contribution in [1.29, 1.82) is 0 Å². The number of amides is 3. The molecule has 1 aromatic carbocycles. The van der Waals surface area contributed by atoms with Gasteiger partial charge in [0.05, 0.1) is 18.8 Å². The van der Waals surface area contributed by atoms with E-state index in [2.05, 4.69) is 25.6 Å². The number of nitrogens with zero attached hydrogens (tertiary/aromatic N) is 5. The molecule has 0 radical (unpaired) electrons. The molecule has 2 heterocycles. The molecule has 1 saturated heterocycles. The predicted octanol–water partition coefficient (Wildman–Crippen LogP) is 2.60. The van der Waals surface area contributed by atoms with Gasteiger partial charge in [-0.1, -0.05) is 5.11 Å². The molecule has 0 bridgehead atoms. The normalized spacial score (nSPS) is 15.1. The van der Waals surface area contributed by atoms with Crippen molar-refractivity contribution in [1.82, 2.24) is 10.3 Å². The zero-order chi connectivity index (χ0) is 22.4. The van der Waals surface area contributed by atoms with E-state index >= 15 is 0 Å². The van der Waals surface area contributed by atoms with Crippen LogP contribution >= 0.6 is 0 Å². The van der Waals surface area contributed by atoms with Gasteiger partial charge in [0.1, 0.15) is 24.3 Å². The fourth-order valence-corrected chi connectivity index (χ4v) is 2.91. The molecule has 3 rings (SSSR count). The first-order chi connectivity index (χ1) is 14.9. The summed E-state index contributed by atoms with van der Waals surface area (Å²) < 4.78 is 19.9. The SMILES string of the molecule is CC(=O)NC[C@H]1CN(c2ccc(-c3ccc(NC(=O)CN=[N+]=[N-])nc3)c(F)c2)C(=O)O1. The van der Waals surface area contributed by atoms with Crippen LogP contribution in [0.5, 0.6) is 0 Å². The zero-order valence-electron chi connectivity index (χ0n) is 16.4. The molecule has 12 heteroatoms. The standard InChI is InChI=1S/C19H18FN7O4/c1-11(28)22-8-14-10-27(19(30)31-14)13-3-4-15(16(20)6-13)12-2-5-17(23-7-12)25-18(29)9-24-26-21/h2-7,14H,8-10H2,1H3,(H,22,28)(H,23,25,29)/t14-/m0/s1. The van der Waals surface area contributed by atoms with Crippen LogP contribution in [0.25, 0.3) is 21.6 Å². The number of ether oxygens (including phenoxy) is 1. The van der Waals surface area contributed by atoms with Crippen LogP contribution < -0.4 is 15.5 Å². The Morgan fingerprint density at radius 2 is 2.19 bits per heavy atom. The number of pyridine rings is 1. The van der Waals surface area contributed by atoms with Crippen LogP contribution in [0.2, 0.25) is 0 Å². The number of cyclic esters (lactones) is 1. The minimum Gasteiger partial charge on any atom is -0.442 e. The van der Waals surface area contributed by atoms with E-state index in [1.165, 1.54) is 36.2 Å². The van der Waals surface area contributed by atoms with Crippen molar-refractivity contribution in [3.63, 3.8) is 0 Å². The van der Waals surface area contributed by atoms with Crippen LogP contribution in [0.4, 0.5) is 20.7 Å². The lowest BCUT2D eigenvalue weighted by Gasteiger charge is -2.14. The summed E-state index contributed by atoms with van der Waals surface area (Å²) in [7, 11) is 0. The maximum atomic E-state index is 14.7. The molecule has 3 amide bonds. The Hall–Kier alpha value is -4.18. The first-order valence-electron chi connectivity index (χ1n) is 9.16. The minimum atomic E-state index is -0.620. The molecule has 0 unspecified atom stereocenters. The fraction of sp³-hybridized carbons (Fsp3) is 0.263. The fourth-order valence-electron chi connectivity index (χ4n) is 2.91. The van der Waals surface area contributed by atoms with Gasteiger partial charge in [0.15, 0.2) is 0 Å². The van der Waals surface area contributed by atoms with Crippen LogP contribution in [-0.2, 0) is 14.3 Å². The third-order valence-corrected chi connectivity index (χ3v) is 4.34. The largest absolute Gasteiger partial charge is 0.442 e. The highest BCUT2D eigenvalue weighted by atomic mass is 19.1. The maximum Gasteiger partial charge on any atom is 0.414 e. The first-order valence-corrected chi connectivity index (χ1v) is 9.16. The van der Waals surface area contributed by atoms with E-state index in [9.17, 15) is 18.8 Å². The highest BCUT2D eigenvalue weighted by Gasteiger charge is 2.32. The second kappa shape index (κ2) is 9.55. The van der Waals surface area contributed by atoms with Gasteiger partial charge < -0.3 is 15.4 Å². The molecule has 0 aliphatic carbocycles. The Morgan fingerprint density at radius 1 is 1.39 bits per heavy atom. The van der Waals surface area contributed by atoms with E-state index in [1.54, 1.807) is 12.1 Å². The Kier molecular flexibility index (Phi) is 6.63. The summed E-state index contributed by atoms with van der Waals surface area (Å²) in [6.45, 7) is 1.36. The monoisotopic (exact) mass is 427 g/mol. The van der Waals surface area contributed by atoms with Crippen molar-refractivity contribution in [3.8, 4) is 11.1 Å². The molecule has 2 aromatic rings. The summed E-state index contributed by atoms with van der Waals surface area (Å²) >= 11 is 0. The average molecular weight is 427 g/mol. The van der Waals surface area contributed by atoms with Crippen LogP contribution in [0.1, 0.15) is 6.92 Å². The lowest BCUT2D eigenvalue weighted by Crippen LogP contribution is -2.33. The second-order valence-electron chi connectivity index (χ2n) is 6.59. The maximum absolute atomic E-state index is 14.7. The smallest absolute Gasteiger partial charge is 0.414 e. The van der Waals surface area contributed by atoms with Gasteiger partial charge in [0.2, 0.25) is 11.8 Å². The molecule has 1 aliphatic rings. The number of carbonyl (C=O) groups is 3. The van der Waals surface area contributed by atoms with E-state index < -0.39 is 23.9 Å². The van der Waals surface area contributed by atoms with Crippen molar-refractivity contribution in [2.24, 2.45) is 5.11 Å². The summed E-state index contributed by atoms with van der Waals surface area (Å²) in [6, 6.07) is 7.36. The van der Waals surface area contributed by atoms with Gasteiger partial charge in [-0.3, -0.25) is 14.5 Å². The van der Waals surface area contributed by atoms with Crippen LogP contribution in [0.15, 0.2) is 41.6 Å². The molecule has 31 heavy (non-hydrogen) atoms. The molecule has 1 aromatic heterocycles. The summed E-state index contributed by atoms with van der Waals surface area (Å²) in [4.78, 5) is 42.5. The van der Waals surface area contributed by atoms with E-state index in [4.69, 9.17) is 10.3 Å². The molecule has 0 saturated carbocycles. The molecule has 2 N–H and O–H groups in total. The Labute approximate surface area is 175 Å². The van der Waals surface area contributed by atoms with Gasteiger partial charge in [0.25, 0.3) is 0 Å². The van der Waals surface area contributed by atoms with Crippen molar-refractivity contribution in [3.05, 3.63) is 52.8 Å². The number of carbonyl (C=O) groups excluding carboxylic acids is 3. The van der Waals surface area contributed by atoms with E-state index in [1.807, 2.05) is 0 Å². The lowest BCUT2D eigenvalue weighted by atomic mass is 10.1. The minimum absolute atomic E-state index is 0.176. The highest BCUT2D eigenvalue weighted by molar-refractivity contribution is 5.92.